The summed E-state index contributed by atoms with van der Waals surface area (Å²) in [4.78, 5) is 27.5. The van der Waals surface area contributed by atoms with Gasteiger partial charge < -0.3 is 4.52 Å². The Bertz CT molecular complexity index is 1310. The number of halogens is 2. The fraction of sp³-hybridized carbons (Fsp3) is 0.0952. The first-order valence-corrected chi connectivity index (χ1v) is 9.12. The summed E-state index contributed by atoms with van der Waals surface area (Å²) in [6.07, 6.45) is 0. The monoisotopic (exact) mass is 423 g/mol. The number of nitrogens with zero attached hydrogens (tertiary/aromatic N) is 4. The highest BCUT2D eigenvalue weighted by Gasteiger charge is 2.11. The van der Waals surface area contributed by atoms with E-state index >= 15 is 0 Å². The molecule has 0 aliphatic carbocycles. The quantitative estimate of drug-likeness (QED) is 0.529. The summed E-state index contributed by atoms with van der Waals surface area (Å²) < 4.78 is 33.2. The number of carbonyl (C=O) groups is 1. The van der Waals surface area contributed by atoms with Crippen LogP contribution in [0.1, 0.15) is 12.5 Å². The Kier molecular flexibility index (Phi) is 5.35. The van der Waals surface area contributed by atoms with Crippen LogP contribution in [-0.2, 0) is 11.3 Å². The van der Waals surface area contributed by atoms with Gasteiger partial charge in [0.15, 0.2) is 0 Å². The molecule has 10 heteroatoms. The minimum atomic E-state index is -0.735. The van der Waals surface area contributed by atoms with Gasteiger partial charge in [0, 0.05) is 30.2 Å². The average molecular weight is 423 g/mol. The number of rotatable bonds is 5. The Morgan fingerprint density at radius 1 is 1.06 bits per heavy atom. The largest absolute Gasteiger partial charge is 0.328 e. The lowest BCUT2D eigenvalue weighted by atomic mass is 10.1. The topological polar surface area (TPSA) is 103 Å². The lowest BCUT2D eigenvalue weighted by molar-refractivity contribution is -0.114. The molecule has 0 radical (unpaired) electrons. The molecule has 0 spiro atoms. The van der Waals surface area contributed by atoms with Crippen LogP contribution in [0.5, 0.6) is 0 Å². The van der Waals surface area contributed by atoms with Gasteiger partial charge in [0.1, 0.15) is 11.6 Å². The van der Waals surface area contributed by atoms with Crippen molar-refractivity contribution in [2.45, 2.75) is 13.5 Å². The molecule has 156 valence electrons. The van der Waals surface area contributed by atoms with Crippen molar-refractivity contribution in [2.24, 2.45) is 0 Å². The number of amides is 1. The molecule has 4 rings (SSSR count). The first-order valence-electron chi connectivity index (χ1n) is 9.12. The molecule has 0 bridgehead atoms. The molecule has 0 aliphatic rings. The van der Waals surface area contributed by atoms with Gasteiger partial charge in [-0.1, -0.05) is 23.4 Å². The number of carbonyl (C=O) groups excluding carboxylic acids is 1. The van der Waals surface area contributed by atoms with Crippen molar-refractivity contribution >= 4 is 11.9 Å². The van der Waals surface area contributed by atoms with Gasteiger partial charge in [-0.2, -0.15) is 10.1 Å². The van der Waals surface area contributed by atoms with E-state index in [1.807, 2.05) is 0 Å². The fourth-order valence-electron chi connectivity index (χ4n) is 2.94. The van der Waals surface area contributed by atoms with Crippen LogP contribution < -0.4 is 10.9 Å². The molecular weight excluding hydrogens is 408 g/mol. The van der Waals surface area contributed by atoms with Gasteiger partial charge in [-0.05, 0) is 29.8 Å². The highest BCUT2D eigenvalue weighted by atomic mass is 19.1. The summed E-state index contributed by atoms with van der Waals surface area (Å²) in [5.41, 5.74) is 1.41. The van der Waals surface area contributed by atoms with Crippen molar-refractivity contribution in [3.8, 4) is 22.6 Å². The zero-order valence-corrected chi connectivity index (χ0v) is 16.2. The molecule has 31 heavy (non-hydrogen) atoms. The van der Waals surface area contributed by atoms with Crippen molar-refractivity contribution in [1.29, 1.82) is 0 Å². The second-order valence-corrected chi connectivity index (χ2v) is 6.68. The molecule has 2 aromatic heterocycles. The summed E-state index contributed by atoms with van der Waals surface area (Å²) in [6.45, 7) is 1.43. The first kappa shape index (κ1) is 20.1. The van der Waals surface area contributed by atoms with Crippen LogP contribution in [-0.4, -0.2) is 25.8 Å². The predicted octanol–water partition coefficient (Wildman–Crippen LogP) is 3.25. The second-order valence-electron chi connectivity index (χ2n) is 6.68. The Hall–Kier alpha value is -4.21. The van der Waals surface area contributed by atoms with Crippen molar-refractivity contribution in [3.63, 3.8) is 0 Å². The molecule has 2 aromatic carbocycles. The number of hydrogen-bond donors (Lipinski definition) is 1. The van der Waals surface area contributed by atoms with E-state index in [0.717, 1.165) is 18.2 Å². The molecule has 1 N–H and O–H groups in total. The Balaban J connectivity index is 1.62. The van der Waals surface area contributed by atoms with Crippen molar-refractivity contribution in [3.05, 3.63) is 82.1 Å². The number of anilines is 1. The highest BCUT2D eigenvalue weighted by Crippen LogP contribution is 2.21. The van der Waals surface area contributed by atoms with E-state index in [1.54, 1.807) is 24.3 Å². The van der Waals surface area contributed by atoms with Gasteiger partial charge in [0.05, 0.1) is 12.2 Å². The van der Waals surface area contributed by atoms with Crippen LogP contribution in [0.4, 0.5) is 14.8 Å². The van der Waals surface area contributed by atoms with Crippen LogP contribution in [0.25, 0.3) is 22.6 Å². The molecule has 0 unspecified atom stereocenters. The molecule has 1 amide bonds. The van der Waals surface area contributed by atoms with Crippen LogP contribution >= 0.6 is 0 Å². The molecule has 0 fully saturated rings. The van der Waals surface area contributed by atoms with Gasteiger partial charge in [-0.3, -0.25) is 14.9 Å². The SMILES string of the molecule is CC(=O)Nc1nc(-c2cccc(Cn3nc(-c4cc(F)cc(F)c4)ccc3=O)c2)no1. The van der Waals surface area contributed by atoms with E-state index in [1.165, 1.54) is 23.7 Å². The molecule has 0 aliphatic heterocycles. The van der Waals surface area contributed by atoms with Crippen LogP contribution in [0.3, 0.4) is 0 Å². The maximum absolute atomic E-state index is 13.5. The lowest BCUT2D eigenvalue weighted by Crippen LogP contribution is -2.22. The number of aromatic nitrogens is 4. The lowest BCUT2D eigenvalue weighted by Gasteiger charge is -2.08. The maximum atomic E-state index is 13.5. The first-order chi connectivity index (χ1) is 14.9. The van der Waals surface area contributed by atoms with Crippen molar-refractivity contribution in [1.82, 2.24) is 19.9 Å². The molecule has 2 heterocycles. The smallest absolute Gasteiger partial charge is 0.315 e. The normalized spacial score (nSPS) is 10.8. The number of benzene rings is 2. The summed E-state index contributed by atoms with van der Waals surface area (Å²) in [5.74, 6) is -1.55. The third-order valence-corrected chi connectivity index (χ3v) is 4.25. The second kappa shape index (κ2) is 8.27. The van der Waals surface area contributed by atoms with Crippen molar-refractivity contribution < 1.29 is 18.1 Å². The summed E-state index contributed by atoms with van der Waals surface area (Å²) in [7, 11) is 0. The van der Waals surface area contributed by atoms with E-state index in [9.17, 15) is 18.4 Å². The zero-order chi connectivity index (χ0) is 22.0. The van der Waals surface area contributed by atoms with E-state index in [-0.39, 0.29) is 41.1 Å². The van der Waals surface area contributed by atoms with Gasteiger partial charge in [-0.15, -0.1) is 0 Å². The Morgan fingerprint density at radius 2 is 1.84 bits per heavy atom. The minimum Gasteiger partial charge on any atom is -0.315 e. The van der Waals surface area contributed by atoms with Gasteiger partial charge in [0.2, 0.25) is 11.7 Å². The Morgan fingerprint density at radius 3 is 2.58 bits per heavy atom. The summed E-state index contributed by atoms with van der Waals surface area (Å²) in [5, 5.41) is 10.5. The third-order valence-electron chi connectivity index (χ3n) is 4.25. The van der Waals surface area contributed by atoms with E-state index in [2.05, 4.69) is 20.6 Å². The van der Waals surface area contributed by atoms with Gasteiger partial charge in [-0.25, -0.2) is 13.5 Å². The third kappa shape index (κ3) is 4.69. The van der Waals surface area contributed by atoms with Gasteiger partial charge >= 0.3 is 6.01 Å². The molecule has 0 atom stereocenters. The van der Waals surface area contributed by atoms with E-state index < -0.39 is 11.6 Å². The van der Waals surface area contributed by atoms with Crippen LogP contribution in [0.15, 0.2) is 63.9 Å². The van der Waals surface area contributed by atoms with Crippen LogP contribution in [0, 0.1) is 11.6 Å². The van der Waals surface area contributed by atoms with Crippen LogP contribution in [0.2, 0.25) is 0 Å². The average Bonchev–Trinajstić information content (AvgIpc) is 3.17. The summed E-state index contributed by atoms with van der Waals surface area (Å²) >= 11 is 0. The molecular formula is C21H15F2N5O3. The summed E-state index contributed by atoms with van der Waals surface area (Å²) in [6, 6.07) is 12.7. The molecule has 0 saturated carbocycles. The van der Waals surface area contributed by atoms with E-state index in [0.29, 0.717) is 11.1 Å². The van der Waals surface area contributed by atoms with E-state index in [4.69, 9.17) is 4.52 Å². The Labute approximate surface area is 174 Å². The zero-order valence-electron chi connectivity index (χ0n) is 16.2. The molecule has 4 aromatic rings. The fourth-order valence-corrected chi connectivity index (χ4v) is 2.94. The minimum absolute atomic E-state index is 0.0270. The standard InChI is InChI=1S/C21H15F2N5O3/c1-12(29)24-21-25-20(27-31-21)14-4-2-3-13(7-14)11-28-19(30)6-5-18(26-28)15-8-16(22)10-17(23)9-15/h2-10H,11H2,1H3,(H,24,25,27,29). The predicted molar refractivity (Wildman–Crippen MR) is 107 cm³/mol. The van der Waals surface area contributed by atoms with Gasteiger partial charge in [0.25, 0.3) is 5.56 Å². The molecule has 0 saturated heterocycles. The van der Waals surface area contributed by atoms with Crippen molar-refractivity contribution in [2.75, 3.05) is 5.32 Å². The number of nitrogens with one attached hydrogen (secondary N) is 1. The highest BCUT2D eigenvalue weighted by molar-refractivity contribution is 5.86. The maximum Gasteiger partial charge on any atom is 0.328 e. The number of hydrogen-bond acceptors (Lipinski definition) is 6. The molecule has 8 nitrogen and oxygen atoms in total.